The van der Waals surface area contributed by atoms with Crippen LogP contribution in [0.4, 0.5) is 0 Å². The number of hydrogen-bond donors (Lipinski definition) is 0. The van der Waals surface area contributed by atoms with Crippen LogP contribution in [0, 0.1) is 20.8 Å². The first-order valence-corrected chi connectivity index (χ1v) is 12.4. The Morgan fingerprint density at radius 3 is 2.33 bits per heavy atom. The molecule has 0 bridgehead atoms. The molecule has 1 saturated heterocycles. The zero-order valence-corrected chi connectivity index (χ0v) is 19.7. The van der Waals surface area contributed by atoms with Crippen molar-refractivity contribution in [3.05, 3.63) is 69.7 Å². The molecule has 0 spiro atoms. The summed E-state index contributed by atoms with van der Waals surface area (Å²) in [6.07, 6.45) is 1.70. The molecule has 0 saturated carbocycles. The smallest absolute Gasteiger partial charge is 0.347 e. The summed E-state index contributed by atoms with van der Waals surface area (Å²) in [6, 6.07) is 11.2. The van der Waals surface area contributed by atoms with Crippen molar-refractivity contribution in [1.29, 1.82) is 0 Å². The van der Waals surface area contributed by atoms with Crippen LogP contribution in [-0.4, -0.2) is 53.6 Å². The molecule has 2 aromatic heterocycles. The molecule has 0 radical (unpaired) electrons. The van der Waals surface area contributed by atoms with Gasteiger partial charge in [0.05, 0.1) is 11.6 Å². The van der Waals surface area contributed by atoms with Crippen LogP contribution in [0.1, 0.15) is 16.7 Å². The van der Waals surface area contributed by atoms with Crippen LogP contribution in [0.2, 0.25) is 0 Å². The minimum Gasteiger partial charge on any atom is -0.422 e. The van der Waals surface area contributed by atoms with Crippen LogP contribution in [0.3, 0.4) is 0 Å². The second-order valence-electron chi connectivity index (χ2n) is 8.71. The molecular weight excluding hydrogens is 440 g/mol. The van der Waals surface area contributed by atoms with Crippen molar-refractivity contribution in [3.8, 4) is 0 Å². The first kappa shape index (κ1) is 21.8. The van der Waals surface area contributed by atoms with Crippen molar-refractivity contribution in [1.82, 2.24) is 19.0 Å². The van der Waals surface area contributed by atoms with E-state index in [2.05, 4.69) is 10.00 Å². The van der Waals surface area contributed by atoms with Gasteiger partial charge in [-0.15, -0.1) is 0 Å². The van der Waals surface area contributed by atoms with E-state index in [0.29, 0.717) is 54.2 Å². The van der Waals surface area contributed by atoms with Gasteiger partial charge in [-0.05, 0) is 44.0 Å². The molecule has 1 fully saturated rings. The maximum atomic E-state index is 13.3. The molecule has 0 N–H and O–H groups in total. The zero-order valence-electron chi connectivity index (χ0n) is 18.9. The standard InChI is InChI=1S/C24H26N4O4S/c1-16-12-17(2)23(18(3)13-16)33(30,31)28-10-8-26(9-11-28)15-27-14-20-22(25-27)19-6-4-5-7-21(19)32-24(20)29/h4-7,12-14H,8-11,15H2,1-3H3. The van der Waals surface area contributed by atoms with Crippen LogP contribution in [0.25, 0.3) is 21.9 Å². The number of aryl methyl sites for hydroxylation is 3. The van der Waals surface area contributed by atoms with Gasteiger partial charge in [0.1, 0.15) is 16.5 Å². The van der Waals surface area contributed by atoms with Crippen LogP contribution < -0.4 is 5.63 Å². The normalized spacial score (nSPS) is 16.1. The van der Waals surface area contributed by atoms with Gasteiger partial charge in [-0.3, -0.25) is 9.58 Å². The Labute approximate surface area is 192 Å². The molecule has 0 aliphatic carbocycles. The molecule has 3 heterocycles. The number of sulfonamides is 1. The molecule has 0 unspecified atom stereocenters. The number of aromatic nitrogens is 2. The van der Waals surface area contributed by atoms with Crippen molar-refractivity contribution >= 4 is 31.9 Å². The van der Waals surface area contributed by atoms with Crippen LogP contribution >= 0.6 is 0 Å². The molecule has 8 nitrogen and oxygen atoms in total. The average Bonchev–Trinajstić information content (AvgIpc) is 3.18. The zero-order chi connectivity index (χ0) is 23.3. The number of fused-ring (bicyclic) bond motifs is 3. The van der Waals surface area contributed by atoms with E-state index in [0.717, 1.165) is 22.1 Å². The first-order chi connectivity index (χ1) is 15.7. The van der Waals surface area contributed by atoms with Gasteiger partial charge >= 0.3 is 5.63 Å². The predicted octanol–water partition coefficient (Wildman–Crippen LogP) is 3.03. The highest BCUT2D eigenvalue weighted by Crippen LogP contribution is 2.26. The summed E-state index contributed by atoms with van der Waals surface area (Å²) in [5.74, 6) is 0. The summed E-state index contributed by atoms with van der Waals surface area (Å²) in [5, 5.41) is 5.87. The lowest BCUT2D eigenvalue weighted by Crippen LogP contribution is -2.49. The Morgan fingerprint density at radius 1 is 0.970 bits per heavy atom. The fourth-order valence-corrected chi connectivity index (χ4v) is 6.60. The number of hydrogen-bond acceptors (Lipinski definition) is 6. The quantitative estimate of drug-likeness (QED) is 0.430. The van der Waals surface area contributed by atoms with E-state index < -0.39 is 15.6 Å². The number of benzene rings is 2. The third-order valence-electron chi connectivity index (χ3n) is 6.21. The molecule has 1 aliphatic rings. The fraction of sp³-hybridized carbons (Fsp3) is 0.333. The minimum atomic E-state index is -3.56. The number of nitrogens with zero attached hydrogens (tertiary/aromatic N) is 4. The van der Waals surface area contributed by atoms with E-state index in [-0.39, 0.29) is 0 Å². The van der Waals surface area contributed by atoms with Crippen LogP contribution in [0.15, 0.2) is 56.7 Å². The largest absolute Gasteiger partial charge is 0.422 e. The summed E-state index contributed by atoms with van der Waals surface area (Å²) in [7, 11) is -3.56. The molecule has 9 heteroatoms. The SMILES string of the molecule is Cc1cc(C)c(S(=O)(=O)N2CCN(Cn3cc4c(=O)oc5ccccc5c4n3)CC2)c(C)c1. The molecule has 0 amide bonds. The van der Waals surface area contributed by atoms with E-state index in [1.165, 1.54) is 0 Å². The lowest BCUT2D eigenvalue weighted by molar-refractivity contribution is 0.146. The molecule has 4 aromatic rings. The van der Waals surface area contributed by atoms with E-state index in [1.807, 2.05) is 51.1 Å². The molecule has 172 valence electrons. The summed E-state index contributed by atoms with van der Waals surface area (Å²) in [4.78, 5) is 14.9. The summed E-state index contributed by atoms with van der Waals surface area (Å²) in [6.45, 7) is 8.11. The average molecular weight is 467 g/mol. The number of para-hydroxylation sites is 1. The lowest BCUT2D eigenvalue weighted by atomic mass is 10.1. The highest BCUT2D eigenvalue weighted by molar-refractivity contribution is 7.89. The molecule has 0 atom stereocenters. The molecular formula is C24H26N4O4S. The van der Waals surface area contributed by atoms with Crippen LogP contribution in [0.5, 0.6) is 0 Å². The van der Waals surface area contributed by atoms with Crippen molar-refractivity contribution in [3.63, 3.8) is 0 Å². The van der Waals surface area contributed by atoms with Gasteiger partial charge in [-0.1, -0.05) is 29.8 Å². The van der Waals surface area contributed by atoms with E-state index >= 15 is 0 Å². The Morgan fingerprint density at radius 2 is 1.64 bits per heavy atom. The van der Waals surface area contributed by atoms with Crippen molar-refractivity contribution in [2.24, 2.45) is 0 Å². The third kappa shape index (κ3) is 3.86. The fourth-order valence-electron chi connectivity index (χ4n) is 4.77. The Kier molecular flexibility index (Phi) is 5.35. The molecule has 33 heavy (non-hydrogen) atoms. The van der Waals surface area contributed by atoms with Gasteiger partial charge in [0.25, 0.3) is 0 Å². The summed E-state index contributed by atoms with van der Waals surface area (Å²) in [5.41, 5.74) is 3.35. The second-order valence-corrected chi connectivity index (χ2v) is 10.6. The maximum absolute atomic E-state index is 13.3. The number of piperazine rings is 1. The maximum Gasteiger partial charge on any atom is 0.347 e. The van der Waals surface area contributed by atoms with Gasteiger partial charge < -0.3 is 4.42 Å². The summed E-state index contributed by atoms with van der Waals surface area (Å²) < 4.78 is 35.4. The Balaban J connectivity index is 1.34. The molecule has 2 aromatic carbocycles. The highest BCUT2D eigenvalue weighted by atomic mass is 32.2. The van der Waals surface area contributed by atoms with Crippen LogP contribution in [-0.2, 0) is 16.7 Å². The monoisotopic (exact) mass is 466 g/mol. The minimum absolute atomic E-state index is 0.404. The van der Waals surface area contributed by atoms with Gasteiger partial charge in [-0.25, -0.2) is 13.2 Å². The van der Waals surface area contributed by atoms with E-state index in [4.69, 9.17) is 4.42 Å². The van der Waals surface area contributed by atoms with E-state index in [9.17, 15) is 13.2 Å². The van der Waals surface area contributed by atoms with Crippen molar-refractivity contribution < 1.29 is 12.8 Å². The first-order valence-electron chi connectivity index (χ1n) is 10.9. The van der Waals surface area contributed by atoms with Gasteiger partial charge in [0.2, 0.25) is 10.0 Å². The van der Waals surface area contributed by atoms with Gasteiger partial charge in [0.15, 0.2) is 0 Å². The summed E-state index contributed by atoms with van der Waals surface area (Å²) >= 11 is 0. The highest BCUT2D eigenvalue weighted by Gasteiger charge is 2.31. The van der Waals surface area contributed by atoms with Gasteiger partial charge in [0, 0.05) is 37.8 Å². The van der Waals surface area contributed by atoms with Crippen molar-refractivity contribution in [2.75, 3.05) is 26.2 Å². The van der Waals surface area contributed by atoms with Gasteiger partial charge in [-0.2, -0.15) is 9.40 Å². The Bertz CT molecular complexity index is 1510. The third-order valence-corrected chi connectivity index (χ3v) is 8.41. The molecule has 1 aliphatic heterocycles. The van der Waals surface area contributed by atoms with Crippen molar-refractivity contribution in [2.45, 2.75) is 32.3 Å². The van der Waals surface area contributed by atoms with E-state index in [1.54, 1.807) is 21.3 Å². The Hall–Kier alpha value is -3.01. The second kappa shape index (κ2) is 8.09. The number of rotatable bonds is 4. The predicted molar refractivity (Wildman–Crippen MR) is 127 cm³/mol. The molecule has 5 rings (SSSR count). The topological polar surface area (TPSA) is 88.7 Å². The lowest BCUT2D eigenvalue weighted by Gasteiger charge is -2.34.